The topological polar surface area (TPSA) is 119 Å². The van der Waals surface area contributed by atoms with Crippen LogP contribution in [0.2, 0.25) is 0 Å². The fraction of sp³-hybridized carbons (Fsp3) is 0.280. The van der Waals surface area contributed by atoms with Gasteiger partial charge in [-0.05, 0) is 37.9 Å². The van der Waals surface area contributed by atoms with Gasteiger partial charge in [-0.2, -0.15) is 0 Å². The van der Waals surface area contributed by atoms with Gasteiger partial charge in [-0.25, -0.2) is 4.79 Å². The first-order valence-electron chi connectivity index (χ1n) is 11.1. The van der Waals surface area contributed by atoms with Crippen LogP contribution in [0.1, 0.15) is 22.8 Å². The fourth-order valence-electron chi connectivity index (χ4n) is 3.74. The highest BCUT2D eigenvalue weighted by atomic mass is 32.2. The standard InChI is InChI=1S/C25H29N5O4S/c1-4-29-24(33)22(23(26)30(25(29)34)14-17-10-6-5-7-11-17)19(31)15-28(2)16-21(32)27-18-12-8-9-13-20(18)35-3/h5-13H,4,14-16,26H2,1-3H3,(H,27,32). The molecule has 1 amide bonds. The van der Waals surface area contributed by atoms with Crippen LogP contribution in [-0.2, 0) is 17.9 Å². The molecule has 2 aromatic carbocycles. The van der Waals surface area contributed by atoms with E-state index in [1.54, 1.807) is 20.0 Å². The highest BCUT2D eigenvalue weighted by Crippen LogP contribution is 2.24. The summed E-state index contributed by atoms with van der Waals surface area (Å²) < 4.78 is 2.23. The molecule has 1 aromatic heterocycles. The van der Waals surface area contributed by atoms with Crippen molar-refractivity contribution < 1.29 is 9.59 Å². The fourth-order valence-corrected chi connectivity index (χ4v) is 4.29. The van der Waals surface area contributed by atoms with E-state index in [0.717, 1.165) is 15.0 Å². The summed E-state index contributed by atoms with van der Waals surface area (Å²) in [6.07, 6.45) is 1.92. The number of nitrogens with one attached hydrogen (secondary N) is 1. The van der Waals surface area contributed by atoms with Gasteiger partial charge in [-0.1, -0.05) is 42.5 Å². The number of benzene rings is 2. The Morgan fingerprint density at radius 3 is 2.31 bits per heavy atom. The number of aromatic nitrogens is 2. The van der Waals surface area contributed by atoms with Crippen molar-refractivity contribution in [1.82, 2.24) is 14.0 Å². The minimum atomic E-state index is -0.726. The Kier molecular flexibility index (Phi) is 8.67. The van der Waals surface area contributed by atoms with E-state index in [2.05, 4.69) is 5.32 Å². The number of likely N-dealkylation sites (N-methyl/N-ethyl adjacent to an activating group) is 1. The van der Waals surface area contributed by atoms with Crippen LogP contribution in [-0.4, -0.2) is 52.1 Å². The molecule has 0 aliphatic rings. The molecule has 0 aliphatic heterocycles. The van der Waals surface area contributed by atoms with Crippen LogP contribution in [0.15, 0.2) is 69.1 Å². The molecule has 0 saturated carbocycles. The van der Waals surface area contributed by atoms with Gasteiger partial charge in [0.15, 0.2) is 5.78 Å². The summed E-state index contributed by atoms with van der Waals surface area (Å²) in [7, 11) is 1.60. The molecular weight excluding hydrogens is 466 g/mol. The molecule has 0 radical (unpaired) electrons. The lowest BCUT2D eigenvalue weighted by Gasteiger charge is -2.19. The summed E-state index contributed by atoms with van der Waals surface area (Å²) in [5.41, 5.74) is 6.14. The predicted octanol–water partition coefficient (Wildman–Crippen LogP) is 2.14. The highest BCUT2D eigenvalue weighted by Gasteiger charge is 2.24. The SMILES string of the molecule is CCn1c(=O)c(C(=O)CN(C)CC(=O)Nc2ccccc2SC)c(N)n(Cc2ccccc2)c1=O. The third-order valence-corrected chi connectivity index (χ3v) is 6.25. The Hall–Kier alpha value is -3.63. The predicted molar refractivity (Wildman–Crippen MR) is 139 cm³/mol. The van der Waals surface area contributed by atoms with Crippen LogP contribution in [0.3, 0.4) is 0 Å². The van der Waals surface area contributed by atoms with Crippen molar-refractivity contribution in [2.75, 3.05) is 37.4 Å². The molecule has 9 nitrogen and oxygen atoms in total. The summed E-state index contributed by atoms with van der Waals surface area (Å²) in [4.78, 5) is 53.9. The van der Waals surface area contributed by atoms with Gasteiger partial charge < -0.3 is 11.1 Å². The summed E-state index contributed by atoms with van der Waals surface area (Å²) in [6, 6.07) is 16.6. The van der Waals surface area contributed by atoms with Crippen LogP contribution in [0.4, 0.5) is 11.5 Å². The van der Waals surface area contributed by atoms with Crippen LogP contribution >= 0.6 is 11.8 Å². The van der Waals surface area contributed by atoms with Crippen molar-refractivity contribution in [3.8, 4) is 0 Å². The number of anilines is 2. The number of ketones is 1. The number of nitrogen functional groups attached to an aromatic ring is 1. The normalized spacial score (nSPS) is 11.0. The molecule has 0 spiro atoms. The summed E-state index contributed by atoms with van der Waals surface area (Å²) in [5, 5.41) is 2.84. The lowest BCUT2D eigenvalue weighted by Crippen LogP contribution is -2.45. The molecule has 1 heterocycles. The van der Waals surface area contributed by atoms with Gasteiger partial charge >= 0.3 is 5.69 Å². The maximum absolute atomic E-state index is 13.1. The molecule has 3 aromatic rings. The number of hydrogen-bond donors (Lipinski definition) is 2. The van der Waals surface area contributed by atoms with Crippen LogP contribution in [0, 0.1) is 0 Å². The number of carbonyl (C=O) groups excluding carboxylic acids is 2. The maximum atomic E-state index is 13.1. The molecule has 3 N–H and O–H groups in total. The zero-order valence-electron chi connectivity index (χ0n) is 20.0. The van der Waals surface area contributed by atoms with E-state index < -0.39 is 17.0 Å². The van der Waals surface area contributed by atoms with Crippen molar-refractivity contribution in [1.29, 1.82) is 0 Å². The third-order valence-electron chi connectivity index (χ3n) is 5.45. The largest absolute Gasteiger partial charge is 0.384 e. The van der Waals surface area contributed by atoms with E-state index >= 15 is 0 Å². The van der Waals surface area contributed by atoms with E-state index in [4.69, 9.17) is 5.73 Å². The molecule has 0 unspecified atom stereocenters. The lowest BCUT2D eigenvalue weighted by molar-refractivity contribution is -0.116. The van der Waals surface area contributed by atoms with Crippen molar-refractivity contribution >= 4 is 35.0 Å². The van der Waals surface area contributed by atoms with E-state index in [1.807, 2.05) is 54.8 Å². The Morgan fingerprint density at radius 2 is 1.66 bits per heavy atom. The molecule has 0 saturated heterocycles. The minimum absolute atomic E-state index is 0.0695. The van der Waals surface area contributed by atoms with Gasteiger partial charge in [0, 0.05) is 11.4 Å². The Labute approximate surface area is 207 Å². The molecule has 0 atom stereocenters. The smallest absolute Gasteiger partial charge is 0.332 e. The molecule has 0 fully saturated rings. The van der Waals surface area contributed by atoms with Crippen LogP contribution in [0.25, 0.3) is 0 Å². The van der Waals surface area contributed by atoms with Crippen molar-refractivity contribution in [3.05, 3.63) is 86.6 Å². The first-order chi connectivity index (χ1) is 16.8. The number of rotatable bonds is 10. The molecule has 10 heteroatoms. The number of thioether (sulfide) groups is 1. The van der Waals surface area contributed by atoms with Gasteiger partial charge in [-0.3, -0.25) is 28.4 Å². The summed E-state index contributed by atoms with van der Waals surface area (Å²) in [6.45, 7) is 1.59. The van der Waals surface area contributed by atoms with Crippen molar-refractivity contribution in [2.45, 2.75) is 24.9 Å². The van der Waals surface area contributed by atoms with E-state index in [-0.39, 0.29) is 43.5 Å². The van der Waals surface area contributed by atoms with Crippen LogP contribution < -0.4 is 22.3 Å². The van der Waals surface area contributed by atoms with Gasteiger partial charge in [0.05, 0.1) is 25.3 Å². The number of amides is 1. The molecule has 184 valence electrons. The van der Waals surface area contributed by atoms with Gasteiger partial charge in [0.2, 0.25) is 5.91 Å². The highest BCUT2D eigenvalue weighted by molar-refractivity contribution is 7.98. The second-order valence-corrected chi connectivity index (χ2v) is 8.86. The van der Waals surface area contributed by atoms with E-state index in [9.17, 15) is 19.2 Å². The van der Waals surface area contributed by atoms with Crippen molar-refractivity contribution in [2.24, 2.45) is 0 Å². The number of para-hydroxylation sites is 1. The number of nitrogens with two attached hydrogens (primary N) is 1. The monoisotopic (exact) mass is 495 g/mol. The zero-order chi connectivity index (χ0) is 25.5. The minimum Gasteiger partial charge on any atom is -0.384 e. The summed E-state index contributed by atoms with van der Waals surface area (Å²) >= 11 is 1.51. The van der Waals surface area contributed by atoms with E-state index in [1.165, 1.54) is 21.2 Å². The Balaban J connectivity index is 1.81. The number of Topliss-reactive ketones (excluding diaryl/α,β-unsaturated/α-hetero) is 1. The van der Waals surface area contributed by atoms with E-state index in [0.29, 0.717) is 5.69 Å². The summed E-state index contributed by atoms with van der Waals surface area (Å²) in [5.74, 6) is -1.03. The second-order valence-electron chi connectivity index (χ2n) is 8.01. The third kappa shape index (κ3) is 6.09. The zero-order valence-corrected chi connectivity index (χ0v) is 20.8. The first kappa shape index (κ1) is 26.0. The molecule has 0 aliphatic carbocycles. The molecule has 0 bridgehead atoms. The average molecular weight is 496 g/mol. The quantitative estimate of drug-likeness (QED) is 0.327. The van der Waals surface area contributed by atoms with Crippen LogP contribution in [0.5, 0.6) is 0 Å². The second kappa shape index (κ2) is 11.7. The molecular formula is C25H29N5O4S. The Morgan fingerprint density at radius 1 is 1.00 bits per heavy atom. The first-order valence-corrected chi connectivity index (χ1v) is 12.3. The van der Waals surface area contributed by atoms with Gasteiger partial charge in [-0.15, -0.1) is 11.8 Å². The van der Waals surface area contributed by atoms with Gasteiger partial charge in [0.25, 0.3) is 5.56 Å². The number of carbonyl (C=O) groups is 2. The molecule has 35 heavy (non-hydrogen) atoms. The average Bonchev–Trinajstić information content (AvgIpc) is 2.83. The maximum Gasteiger partial charge on any atom is 0.332 e. The number of nitrogens with zero attached hydrogens (tertiary/aromatic N) is 3. The Bertz CT molecular complexity index is 1330. The van der Waals surface area contributed by atoms with Gasteiger partial charge in [0.1, 0.15) is 11.4 Å². The van der Waals surface area contributed by atoms with Crippen molar-refractivity contribution in [3.63, 3.8) is 0 Å². The lowest BCUT2D eigenvalue weighted by atomic mass is 10.1. The number of hydrogen-bond acceptors (Lipinski definition) is 7. The molecule has 3 rings (SSSR count).